The normalized spacial score (nSPS) is 17.8. The first kappa shape index (κ1) is 11.1. The van der Waals surface area contributed by atoms with E-state index in [9.17, 15) is 4.79 Å². The van der Waals surface area contributed by atoms with Crippen molar-refractivity contribution in [3.63, 3.8) is 0 Å². The predicted octanol–water partition coefficient (Wildman–Crippen LogP) is 2.33. The summed E-state index contributed by atoms with van der Waals surface area (Å²) in [5.74, 6) is 1.64. The van der Waals surface area contributed by atoms with E-state index in [2.05, 4.69) is 24.3 Å². The average Bonchev–Trinajstić information content (AvgIpc) is 2.91. The van der Waals surface area contributed by atoms with Crippen molar-refractivity contribution in [1.29, 1.82) is 0 Å². The number of H-pyrrole nitrogens is 1. The maximum atomic E-state index is 12.5. The molecule has 1 aliphatic heterocycles. The molecule has 0 radical (unpaired) electrons. The molecule has 0 unspecified atom stereocenters. The summed E-state index contributed by atoms with van der Waals surface area (Å²) in [5, 5.41) is 6.44. The third-order valence-corrected chi connectivity index (χ3v) is 3.62. The molecule has 4 nitrogen and oxygen atoms in total. The molecule has 2 aromatic rings. The van der Waals surface area contributed by atoms with Gasteiger partial charge in [0.25, 0.3) is 5.56 Å². The van der Waals surface area contributed by atoms with Crippen molar-refractivity contribution in [1.82, 2.24) is 9.78 Å². The summed E-state index contributed by atoms with van der Waals surface area (Å²) in [7, 11) is 0. The van der Waals surface area contributed by atoms with Gasteiger partial charge in [-0.3, -0.25) is 9.89 Å². The van der Waals surface area contributed by atoms with Crippen LogP contribution in [0.1, 0.15) is 25.3 Å². The second-order valence-corrected chi connectivity index (χ2v) is 5.11. The summed E-state index contributed by atoms with van der Waals surface area (Å²) in [6.07, 6.45) is 0. The summed E-state index contributed by atoms with van der Waals surface area (Å²) in [6, 6.07) is 9.66. The number of hydrogen-bond acceptors (Lipinski definition) is 2. The monoisotopic (exact) mass is 243 g/mol. The van der Waals surface area contributed by atoms with Crippen molar-refractivity contribution in [2.45, 2.75) is 19.8 Å². The Morgan fingerprint density at radius 1 is 1.28 bits per heavy atom. The molecule has 2 heterocycles. The number of fused-ring (bicyclic) bond motifs is 1. The highest BCUT2D eigenvalue weighted by Gasteiger charge is 2.31. The number of rotatable bonds is 2. The third-order valence-electron chi connectivity index (χ3n) is 3.62. The molecule has 0 saturated carbocycles. The fourth-order valence-electron chi connectivity index (χ4n) is 2.57. The Balaban J connectivity index is 2.12. The molecular weight excluding hydrogens is 226 g/mol. The minimum absolute atomic E-state index is 0.0694. The van der Waals surface area contributed by atoms with E-state index in [1.54, 1.807) is 4.68 Å². The van der Waals surface area contributed by atoms with Crippen LogP contribution in [-0.2, 0) is 0 Å². The minimum atomic E-state index is 0.0694. The minimum Gasteiger partial charge on any atom is -0.370 e. The smallest absolute Gasteiger partial charge is 0.276 e. The van der Waals surface area contributed by atoms with E-state index in [1.165, 1.54) is 0 Å². The highest BCUT2D eigenvalue weighted by atomic mass is 16.1. The van der Waals surface area contributed by atoms with Crippen LogP contribution in [0.25, 0.3) is 5.69 Å². The molecule has 1 atom stereocenters. The van der Waals surface area contributed by atoms with Crippen molar-refractivity contribution >= 4 is 5.82 Å². The Morgan fingerprint density at radius 3 is 2.67 bits per heavy atom. The summed E-state index contributed by atoms with van der Waals surface area (Å²) in [4.78, 5) is 12.5. The van der Waals surface area contributed by atoms with E-state index < -0.39 is 0 Å². The zero-order chi connectivity index (χ0) is 12.7. The molecule has 0 saturated heterocycles. The Morgan fingerprint density at radius 2 is 2.00 bits per heavy atom. The molecule has 0 amide bonds. The van der Waals surface area contributed by atoms with Crippen molar-refractivity contribution in [3.05, 3.63) is 46.2 Å². The highest BCUT2D eigenvalue weighted by molar-refractivity contribution is 5.52. The van der Waals surface area contributed by atoms with E-state index in [0.717, 1.165) is 23.6 Å². The number of hydrogen-bond donors (Lipinski definition) is 2. The maximum Gasteiger partial charge on any atom is 0.276 e. The lowest BCUT2D eigenvalue weighted by molar-refractivity contribution is 0.528. The average molecular weight is 243 g/mol. The summed E-state index contributed by atoms with van der Waals surface area (Å²) in [6.45, 7) is 5.16. The molecule has 4 heteroatoms. The summed E-state index contributed by atoms with van der Waals surface area (Å²) >= 11 is 0. The van der Waals surface area contributed by atoms with Crippen molar-refractivity contribution in [2.75, 3.05) is 11.9 Å². The van der Waals surface area contributed by atoms with Gasteiger partial charge < -0.3 is 5.32 Å². The van der Waals surface area contributed by atoms with E-state index in [1.807, 2.05) is 30.3 Å². The molecule has 0 bridgehead atoms. The van der Waals surface area contributed by atoms with Crippen LogP contribution in [0.5, 0.6) is 0 Å². The van der Waals surface area contributed by atoms with Crippen molar-refractivity contribution < 1.29 is 0 Å². The zero-order valence-corrected chi connectivity index (χ0v) is 10.6. The number of aromatic amines is 1. The van der Waals surface area contributed by atoms with Crippen LogP contribution in [0.4, 0.5) is 5.82 Å². The number of nitrogens with zero attached hydrogens (tertiary/aromatic N) is 1. The second-order valence-electron chi connectivity index (χ2n) is 5.11. The SMILES string of the molecule is CC(C)[C@@H]1CNc2[nH]n(-c3ccccc3)c(=O)c21. The predicted molar refractivity (Wildman–Crippen MR) is 72.5 cm³/mol. The van der Waals surface area contributed by atoms with Gasteiger partial charge in [0.2, 0.25) is 0 Å². The molecule has 3 rings (SSSR count). The maximum absolute atomic E-state index is 12.5. The standard InChI is InChI=1S/C14H17N3O/c1-9(2)11-8-15-13-12(11)14(18)17(16-13)10-6-4-3-5-7-10/h3-7,9,11,15-16H,8H2,1-2H3/t11-/m0/s1. The first-order chi connectivity index (χ1) is 8.68. The number of benzene rings is 1. The van der Waals surface area contributed by atoms with Gasteiger partial charge in [0, 0.05) is 12.5 Å². The van der Waals surface area contributed by atoms with Gasteiger partial charge in [-0.25, -0.2) is 4.68 Å². The Kier molecular flexibility index (Phi) is 2.51. The Bertz CT molecular complexity index is 610. The van der Waals surface area contributed by atoms with E-state index in [4.69, 9.17) is 0 Å². The molecule has 0 aliphatic carbocycles. The largest absolute Gasteiger partial charge is 0.370 e. The fraction of sp³-hybridized carbons (Fsp3) is 0.357. The van der Waals surface area contributed by atoms with Gasteiger partial charge in [-0.15, -0.1) is 0 Å². The second kappa shape index (κ2) is 4.05. The molecule has 94 valence electrons. The van der Waals surface area contributed by atoms with Gasteiger partial charge in [0.15, 0.2) is 0 Å². The number of nitrogens with one attached hydrogen (secondary N) is 2. The van der Waals surface area contributed by atoms with E-state index in [-0.39, 0.29) is 5.56 Å². The molecule has 1 aromatic heterocycles. The van der Waals surface area contributed by atoms with Crippen LogP contribution in [0.3, 0.4) is 0 Å². The van der Waals surface area contributed by atoms with Gasteiger partial charge in [-0.05, 0) is 18.1 Å². The molecule has 18 heavy (non-hydrogen) atoms. The van der Waals surface area contributed by atoms with Gasteiger partial charge in [-0.1, -0.05) is 32.0 Å². The molecule has 0 fully saturated rings. The Labute approximate surface area is 106 Å². The van der Waals surface area contributed by atoms with Gasteiger partial charge in [0.05, 0.1) is 11.3 Å². The van der Waals surface area contributed by atoms with Crippen LogP contribution >= 0.6 is 0 Å². The lowest BCUT2D eigenvalue weighted by Gasteiger charge is -2.12. The van der Waals surface area contributed by atoms with Crippen LogP contribution in [0.15, 0.2) is 35.1 Å². The third kappa shape index (κ3) is 1.56. The van der Waals surface area contributed by atoms with Gasteiger partial charge in [-0.2, -0.15) is 0 Å². The molecule has 0 spiro atoms. The topological polar surface area (TPSA) is 49.8 Å². The van der Waals surface area contributed by atoms with Crippen LogP contribution in [0, 0.1) is 5.92 Å². The first-order valence-corrected chi connectivity index (χ1v) is 6.32. The van der Waals surface area contributed by atoms with Crippen LogP contribution in [-0.4, -0.2) is 16.3 Å². The van der Waals surface area contributed by atoms with Crippen molar-refractivity contribution in [3.8, 4) is 5.69 Å². The van der Waals surface area contributed by atoms with Crippen LogP contribution < -0.4 is 10.9 Å². The van der Waals surface area contributed by atoms with Crippen molar-refractivity contribution in [2.24, 2.45) is 5.92 Å². The number of anilines is 1. The summed E-state index contributed by atoms with van der Waals surface area (Å²) < 4.78 is 1.62. The molecule has 1 aromatic carbocycles. The lowest BCUT2D eigenvalue weighted by atomic mass is 9.92. The molecule has 2 N–H and O–H groups in total. The zero-order valence-electron chi connectivity index (χ0n) is 10.6. The van der Waals surface area contributed by atoms with Crippen LogP contribution in [0.2, 0.25) is 0 Å². The van der Waals surface area contributed by atoms with Gasteiger partial charge in [0.1, 0.15) is 5.82 Å². The highest BCUT2D eigenvalue weighted by Crippen LogP contribution is 2.32. The number of aromatic nitrogens is 2. The lowest BCUT2D eigenvalue weighted by Crippen LogP contribution is -2.22. The summed E-state index contributed by atoms with van der Waals surface area (Å²) in [5.41, 5.74) is 1.84. The van der Waals surface area contributed by atoms with Gasteiger partial charge >= 0.3 is 0 Å². The number of para-hydroxylation sites is 1. The fourth-order valence-corrected chi connectivity index (χ4v) is 2.57. The first-order valence-electron chi connectivity index (χ1n) is 6.32. The van der Waals surface area contributed by atoms with E-state index >= 15 is 0 Å². The Hall–Kier alpha value is -1.97. The molecular formula is C14H17N3O. The molecule has 1 aliphatic rings. The van der Waals surface area contributed by atoms with E-state index in [0.29, 0.717) is 11.8 Å². The quantitative estimate of drug-likeness (QED) is 0.850.